The number of methoxy groups -OCH3 is 2. The van der Waals surface area contributed by atoms with Crippen molar-refractivity contribution in [1.29, 1.82) is 0 Å². The molecule has 2 heterocycles. The number of nitrogens with zero attached hydrogens (tertiary/aromatic N) is 3. The second-order valence-corrected chi connectivity index (χ2v) is 9.18. The Hall–Kier alpha value is -4.44. The van der Waals surface area contributed by atoms with Crippen molar-refractivity contribution < 1.29 is 23.4 Å². The zero-order valence-electron chi connectivity index (χ0n) is 20.7. The van der Waals surface area contributed by atoms with Crippen molar-refractivity contribution in [3.8, 4) is 23.1 Å². The molecule has 192 valence electrons. The van der Waals surface area contributed by atoms with Crippen LogP contribution in [-0.4, -0.2) is 42.2 Å². The number of esters is 1. The summed E-state index contributed by atoms with van der Waals surface area (Å²) in [5.41, 5.74) is 1.23. The number of carbonyl (C=O) groups is 1. The van der Waals surface area contributed by atoms with Crippen LogP contribution in [0.2, 0.25) is 0 Å². The molecular weight excluding hydrogens is 554 g/mol. The maximum absolute atomic E-state index is 13.6. The summed E-state index contributed by atoms with van der Waals surface area (Å²) >= 11 is 3.45. The smallest absolute Gasteiger partial charge is 0.346 e. The van der Waals surface area contributed by atoms with E-state index in [4.69, 9.17) is 23.6 Å². The number of hydrogen-bond acceptors (Lipinski definition) is 8. The molecule has 0 unspecified atom stereocenters. The van der Waals surface area contributed by atoms with E-state index in [1.165, 1.54) is 18.0 Å². The van der Waals surface area contributed by atoms with Gasteiger partial charge in [0.05, 0.1) is 36.7 Å². The summed E-state index contributed by atoms with van der Waals surface area (Å²) in [7, 11) is 2.87. The first-order chi connectivity index (χ1) is 18.4. The standard InChI is InChI=1S/C28H22BrN3O6/c1-16(28(34)36-3)37-22-12-11-18(29)13-17(22)15-30-32-26(31-21-8-5-4-7-19(21)27(32)33)25-14-20-23(35-2)9-6-10-24(20)38-25/h4-16H,1-3H3/t16-/m1/s1. The molecule has 10 heteroatoms. The highest BCUT2D eigenvalue weighted by Crippen LogP contribution is 2.33. The first-order valence-electron chi connectivity index (χ1n) is 11.6. The highest BCUT2D eigenvalue weighted by atomic mass is 79.9. The molecule has 0 amide bonds. The van der Waals surface area contributed by atoms with Gasteiger partial charge < -0.3 is 18.6 Å². The van der Waals surface area contributed by atoms with Crippen molar-refractivity contribution in [2.75, 3.05) is 14.2 Å². The van der Waals surface area contributed by atoms with Crippen LogP contribution in [0.1, 0.15) is 12.5 Å². The van der Waals surface area contributed by atoms with Crippen LogP contribution in [0.15, 0.2) is 85.5 Å². The summed E-state index contributed by atoms with van der Waals surface area (Å²) in [5.74, 6) is 1.05. The van der Waals surface area contributed by atoms with Gasteiger partial charge in [-0.2, -0.15) is 9.78 Å². The lowest BCUT2D eigenvalue weighted by Gasteiger charge is -2.14. The van der Waals surface area contributed by atoms with Gasteiger partial charge in [0.2, 0.25) is 5.82 Å². The van der Waals surface area contributed by atoms with Crippen LogP contribution in [0.5, 0.6) is 11.5 Å². The Morgan fingerprint density at radius 1 is 1.05 bits per heavy atom. The van der Waals surface area contributed by atoms with Gasteiger partial charge in [-0.05, 0) is 55.5 Å². The summed E-state index contributed by atoms with van der Waals surface area (Å²) < 4.78 is 24.0. The van der Waals surface area contributed by atoms with Gasteiger partial charge in [-0.15, -0.1) is 0 Å². The minimum absolute atomic E-state index is 0.212. The quantitative estimate of drug-likeness (QED) is 0.189. The average Bonchev–Trinajstić information content (AvgIpc) is 3.37. The Balaban J connectivity index is 1.67. The molecule has 0 bridgehead atoms. The molecule has 0 saturated heterocycles. The summed E-state index contributed by atoms with van der Waals surface area (Å²) in [6.45, 7) is 1.58. The molecule has 1 atom stereocenters. The Bertz CT molecular complexity index is 1760. The van der Waals surface area contributed by atoms with Gasteiger partial charge in [-0.3, -0.25) is 4.79 Å². The number of rotatable bonds is 7. The van der Waals surface area contributed by atoms with Gasteiger partial charge in [-0.1, -0.05) is 34.1 Å². The number of carbonyl (C=O) groups excluding carboxylic acids is 1. The number of hydrogen-bond donors (Lipinski definition) is 0. The highest BCUT2D eigenvalue weighted by Gasteiger charge is 2.19. The SMILES string of the molecule is COC(=O)[C@@H](C)Oc1ccc(Br)cc1C=Nn1c(-c2cc3c(OC)cccc3o2)nc2ccccc2c1=O. The van der Waals surface area contributed by atoms with E-state index in [-0.39, 0.29) is 11.4 Å². The zero-order chi connectivity index (χ0) is 26.8. The monoisotopic (exact) mass is 575 g/mol. The molecule has 0 spiro atoms. The van der Waals surface area contributed by atoms with Crippen LogP contribution in [-0.2, 0) is 9.53 Å². The lowest BCUT2D eigenvalue weighted by Crippen LogP contribution is -2.25. The summed E-state index contributed by atoms with van der Waals surface area (Å²) in [6.07, 6.45) is 0.619. The average molecular weight is 576 g/mol. The van der Waals surface area contributed by atoms with Crippen molar-refractivity contribution in [1.82, 2.24) is 9.66 Å². The fraction of sp³-hybridized carbons (Fsp3) is 0.143. The number of ether oxygens (including phenoxy) is 3. The molecule has 38 heavy (non-hydrogen) atoms. The van der Waals surface area contributed by atoms with Crippen LogP contribution in [0.4, 0.5) is 0 Å². The van der Waals surface area contributed by atoms with Crippen LogP contribution < -0.4 is 15.0 Å². The largest absolute Gasteiger partial charge is 0.496 e. The van der Waals surface area contributed by atoms with Gasteiger partial charge in [0, 0.05) is 10.0 Å². The fourth-order valence-corrected chi connectivity index (χ4v) is 4.34. The van der Waals surface area contributed by atoms with Gasteiger partial charge in [0.1, 0.15) is 17.1 Å². The molecule has 2 aromatic heterocycles. The molecule has 5 aromatic rings. The second-order valence-electron chi connectivity index (χ2n) is 8.26. The van der Waals surface area contributed by atoms with E-state index in [1.807, 2.05) is 18.2 Å². The maximum Gasteiger partial charge on any atom is 0.346 e. The number of halogens is 1. The molecule has 0 N–H and O–H groups in total. The first kappa shape index (κ1) is 25.2. The van der Waals surface area contributed by atoms with Crippen molar-refractivity contribution in [3.05, 3.63) is 87.1 Å². The molecule has 0 fully saturated rings. The topological polar surface area (TPSA) is 105 Å². The third-order valence-corrected chi connectivity index (χ3v) is 6.33. The van der Waals surface area contributed by atoms with Crippen LogP contribution in [0.25, 0.3) is 33.5 Å². The number of aromatic nitrogens is 2. The van der Waals surface area contributed by atoms with Crippen LogP contribution >= 0.6 is 15.9 Å². The third kappa shape index (κ3) is 4.78. The Morgan fingerprint density at radius 3 is 2.66 bits per heavy atom. The van der Waals surface area contributed by atoms with E-state index in [0.29, 0.717) is 39.3 Å². The number of benzene rings is 3. The van der Waals surface area contributed by atoms with Crippen LogP contribution in [0.3, 0.4) is 0 Å². The summed E-state index contributed by atoms with van der Waals surface area (Å²) in [5, 5.41) is 5.63. The Labute approximate surface area is 225 Å². The molecule has 0 saturated carbocycles. The molecular formula is C28H22BrN3O6. The third-order valence-electron chi connectivity index (χ3n) is 5.84. The van der Waals surface area contributed by atoms with Gasteiger partial charge in [0.15, 0.2) is 11.9 Å². The second kappa shape index (κ2) is 10.5. The molecule has 0 radical (unpaired) electrons. The molecule has 0 aliphatic heterocycles. The van der Waals surface area contributed by atoms with E-state index in [2.05, 4.69) is 21.0 Å². The van der Waals surface area contributed by atoms with Gasteiger partial charge in [0.25, 0.3) is 5.56 Å². The first-order valence-corrected chi connectivity index (χ1v) is 12.4. The fourth-order valence-electron chi connectivity index (χ4n) is 3.96. The summed E-state index contributed by atoms with van der Waals surface area (Å²) in [4.78, 5) is 30.2. The van der Waals surface area contributed by atoms with E-state index >= 15 is 0 Å². The minimum Gasteiger partial charge on any atom is -0.496 e. The predicted octanol–water partition coefficient (Wildman–Crippen LogP) is 5.40. The van der Waals surface area contributed by atoms with E-state index < -0.39 is 12.1 Å². The van der Waals surface area contributed by atoms with E-state index in [9.17, 15) is 9.59 Å². The number of fused-ring (bicyclic) bond motifs is 2. The molecule has 9 nitrogen and oxygen atoms in total. The van der Waals surface area contributed by atoms with Crippen molar-refractivity contribution in [2.45, 2.75) is 13.0 Å². The van der Waals surface area contributed by atoms with Crippen molar-refractivity contribution in [3.63, 3.8) is 0 Å². The zero-order valence-corrected chi connectivity index (χ0v) is 22.3. The van der Waals surface area contributed by atoms with Gasteiger partial charge in [-0.25, -0.2) is 9.78 Å². The number of furan rings is 1. The normalized spacial score (nSPS) is 12.2. The Kier molecular flexibility index (Phi) is 6.97. The Morgan fingerprint density at radius 2 is 1.87 bits per heavy atom. The van der Waals surface area contributed by atoms with Crippen LogP contribution in [0, 0.1) is 0 Å². The molecule has 3 aromatic carbocycles. The molecule has 0 aliphatic carbocycles. The lowest BCUT2D eigenvalue weighted by molar-refractivity contribution is -0.147. The maximum atomic E-state index is 13.6. The molecule has 5 rings (SSSR count). The predicted molar refractivity (Wildman–Crippen MR) is 147 cm³/mol. The van der Waals surface area contributed by atoms with Crippen molar-refractivity contribution >= 4 is 50.0 Å². The minimum atomic E-state index is -0.848. The van der Waals surface area contributed by atoms with Crippen molar-refractivity contribution in [2.24, 2.45) is 5.10 Å². The van der Waals surface area contributed by atoms with E-state index in [1.54, 1.807) is 62.6 Å². The number of para-hydroxylation sites is 1. The van der Waals surface area contributed by atoms with E-state index in [0.717, 1.165) is 9.86 Å². The highest BCUT2D eigenvalue weighted by molar-refractivity contribution is 9.10. The van der Waals surface area contributed by atoms with Gasteiger partial charge >= 0.3 is 5.97 Å². The molecule has 0 aliphatic rings. The summed E-state index contributed by atoms with van der Waals surface area (Å²) in [6, 6.07) is 19.5. The lowest BCUT2D eigenvalue weighted by atomic mass is 10.2.